The van der Waals surface area contributed by atoms with Gasteiger partial charge in [0.2, 0.25) is 0 Å². The third-order valence-electron chi connectivity index (χ3n) is 5.57. The monoisotopic (exact) mass is 506 g/mol. The van der Waals surface area contributed by atoms with Gasteiger partial charge in [0.25, 0.3) is 0 Å². The molecule has 1 aliphatic carbocycles. The van der Waals surface area contributed by atoms with Gasteiger partial charge in [-0.15, -0.1) is 35.3 Å². The lowest BCUT2D eigenvalue weighted by Crippen LogP contribution is -2.47. The van der Waals surface area contributed by atoms with Gasteiger partial charge in [-0.3, -0.25) is 4.99 Å². The molecular weight excluding hydrogens is 471 g/mol. The van der Waals surface area contributed by atoms with E-state index in [1.165, 1.54) is 35.6 Å². The Bertz CT molecular complexity index is 566. The zero-order valence-corrected chi connectivity index (χ0v) is 19.9. The Morgan fingerprint density at radius 1 is 1.30 bits per heavy atom. The molecule has 1 saturated carbocycles. The molecule has 27 heavy (non-hydrogen) atoms. The smallest absolute Gasteiger partial charge is 0.193 e. The zero-order chi connectivity index (χ0) is 18.2. The number of aromatic nitrogens is 1. The van der Waals surface area contributed by atoms with E-state index >= 15 is 0 Å². The van der Waals surface area contributed by atoms with Gasteiger partial charge in [0.1, 0.15) is 0 Å². The van der Waals surface area contributed by atoms with Crippen molar-refractivity contribution in [1.82, 2.24) is 15.2 Å². The first-order chi connectivity index (χ1) is 12.8. The highest BCUT2D eigenvalue weighted by Crippen LogP contribution is 2.26. The summed E-state index contributed by atoms with van der Waals surface area (Å²) < 4.78 is 6.19. The minimum atomic E-state index is 0. The molecule has 0 spiro atoms. The molecule has 2 aliphatic rings. The number of guanidine groups is 1. The molecule has 0 aromatic carbocycles. The number of likely N-dealkylation sites (tertiary alicyclic amines) is 1. The van der Waals surface area contributed by atoms with Crippen LogP contribution in [0.2, 0.25) is 0 Å². The van der Waals surface area contributed by atoms with Crippen LogP contribution in [0.25, 0.3) is 0 Å². The molecule has 2 heterocycles. The number of nitrogens with zero attached hydrogens (tertiary/aromatic N) is 3. The predicted octanol–water partition coefficient (Wildman–Crippen LogP) is 4.11. The molecule has 1 saturated heterocycles. The fraction of sp³-hybridized carbons (Fsp3) is 0.800. The Morgan fingerprint density at radius 2 is 2.04 bits per heavy atom. The van der Waals surface area contributed by atoms with Gasteiger partial charge in [0.15, 0.2) is 5.96 Å². The molecule has 0 amide bonds. The van der Waals surface area contributed by atoms with Gasteiger partial charge in [-0.05, 0) is 38.0 Å². The van der Waals surface area contributed by atoms with Crippen LogP contribution >= 0.6 is 35.3 Å². The summed E-state index contributed by atoms with van der Waals surface area (Å²) >= 11 is 1.82. The van der Waals surface area contributed by atoms with Crippen molar-refractivity contribution >= 4 is 41.3 Å². The first-order valence-electron chi connectivity index (χ1n) is 10.3. The first-order valence-corrected chi connectivity index (χ1v) is 11.1. The molecule has 1 N–H and O–H groups in total. The topological polar surface area (TPSA) is 49.8 Å². The van der Waals surface area contributed by atoms with Crippen molar-refractivity contribution < 1.29 is 4.74 Å². The Morgan fingerprint density at radius 3 is 2.67 bits per heavy atom. The highest BCUT2D eigenvalue weighted by molar-refractivity contribution is 14.0. The Labute approximate surface area is 185 Å². The third kappa shape index (κ3) is 7.16. The highest BCUT2D eigenvalue weighted by atomic mass is 127. The number of hydrogen-bond donors (Lipinski definition) is 1. The quantitative estimate of drug-likeness (QED) is 0.344. The molecule has 7 heteroatoms. The number of piperidine rings is 1. The van der Waals surface area contributed by atoms with Crippen molar-refractivity contribution in [2.45, 2.75) is 64.4 Å². The van der Waals surface area contributed by atoms with Gasteiger partial charge in [0.05, 0.1) is 11.1 Å². The minimum absolute atomic E-state index is 0. The minimum Gasteiger partial charge on any atom is -0.378 e. The number of thiazole rings is 1. The van der Waals surface area contributed by atoms with Crippen molar-refractivity contribution in [2.75, 3.05) is 33.3 Å². The molecule has 0 unspecified atom stereocenters. The van der Waals surface area contributed by atoms with Crippen LogP contribution in [0.1, 0.15) is 55.3 Å². The molecule has 1 aliphatic heterocycles. The molecule has 5 nitrogen and oxygen atoms in total. The fourth-order valence-electron chi connectivity index (χ4n) is 3.92. The van der Waals surface area contributed by atoms with E-state index in [4.69, 9.17) is 4.74 Å². The second kappa shape index (κ2) is 12.2. The number of ether oxygens (including phenoxy) is 1. The first kappa shape index (κ1) is 22.9. The average molecular weight is 506 g/mol. The van der Waals surface area contributed by atoms with Crippen molar-refractivity contribution in [3.63, 3.8) is 0 Å². The maximum absolute atomic E-state index is 6.19. The van der Waals surface area contributed by atoms with Crippen LogP contribution in [-0.4, -0.2) is 55.2 Å². The van der Waals surface area contributed by atoms with Crippen molar-refractivity contribution in [1.29, 1.82) is 0 Å². The molecule has 3 rings (SSSR count). The lowest BCUT2D eigenvalue weighted by molar-refractivity contribution is 0.00103. The maximum Gasteiger partial charge on any atom is 0.193 e. The van der Waals surface area contributed by atoms with Crippen LogP contribution < -0.4 is 5.32 Å². The lowest BCUT2D eigenvalue weighted by atomic mass is 10.1. The number of rotatable bonds is 7. The number of aliphatic imine (C=N–C) groups is 1. The summed E-state index contributed by atoms with van der Waals surface area (Å²) in [6.45, 7) is 6.11. The number of halogens is 1. The summed E-state index contributed by atoms with van der Waals surface area (Å²) in [7, 11) is 1.88. The van der Waals surface area contributed by atoms with Crippen LogP contribution in [0.5, 0.6) is 0 Å². The average Bonchev–Trinajstić information content (AvgIpc) is 3.36. The molecule has 0 radical (unpaired) electrons. The summed E-state index contributed by atoms with van der Waals surface area (Å²) in [6, 6.07) is 0. The second-order valence-corrected chi connectivity index (χ2v) is 8.67. The van der Waals surface area contributed by atoms with Gasteiger partial charge in [-0.25, -0.2) is 4.98 Å². The summed E-state index contributed by atoms with van der Waals surface area (Å²) in [5, 5.41) is 4.72. The molecule has 1 aromatic heterocycles. The van der Waals surface area contributed by atoms with Crippen LogP contribution in [0.3, 0.4) is 0 Å². The molecule has 1 aromatic rings. The fourth-order valence-corrected chi connectivity index (χ4v) is 4.79. The van der Waals surface area contributed by atoms with Crippen LogP contribution in [0.4, 0.5) is 0 Å². The number of nitrogens with one attached hydrogen (secondary N) is 1. The molecule has 0 bridgehead atoms. The van der Waals surface area contributed by atoms with E-state index in [0.29, 0.717) is 6.10 Å². The normalized spacial score (nSPS) is 19.3. The van der Waals surface area contributed by atoms with Crippen molar-refractivity contribution in [3.8, 4) is 0 Å². The summed E-state index contributed by atoms with van der Waals surface area (Å²) in [5.74, 6) is 1.84. The zero-order valence-electron chi connectivity index (χ0n) is 16.8. The van der Waals surface area contributed by atoms with E-state index in [1.807, 2.05) is 24.6 Å². The SMILES string of the molecule is CCc1cnc(CCNC(=NC)N2CCC(OCC3CCCC3)CC2)s1.I. The number of hydrogen-bond acceptors (Lipinski definition) is 4. The Balaban J connectivity index is 0.00000261. The summed E-state index contributed by atoms with van der Waals surface area (Å²) in [6.07, 6.45) is 12.2. The molecule has 154 valence electrons. The number of aryl methyl sites for hydroxylation is 1. The summed E-state index contributed by atoms with van der Waals surface area (Å²) in [5.41, 5.74) is 0. The molecule has 2 fully saturated rings. The summed E-state index contributed by atoms with van der Waals surface area (Å²) in [4.78, 5) is 12.7. The Kier molecular flexibility index (Phi) is 10.3. The van der Waals surface area contributed by atoms with E-state index in [9.17, 15) is 0 Å². The Hall–Kier alpha value is -0.410. The third-order valence-corrected chi connectivity index (χ3v) is 6.77. The highest BCUT2D eigenvalue weighted by Gasteiger charge is 2.23. The second-order valence-electron chi connectivity index (χ2n) is 7.47. The predicted molar refractivity (Wildman–Crippen MR) is 124 cm³/mol. The molecular formula is C20H35IN4OS. The van der Waals surface area contributed by atoms with Crippen LogP contribution in [0.15, 0.2) is 11.2 Å². The van der Waals surface area contributed by atoms with E-state index < -0.39 is 0 Å². The van der Waals surface area contributed by atoms with E-state index in [-0.39, 0.29) is 24.0 Å². The molecule has 0 atom stereocenters. The van der Waals surface area contributed by atoms with Gasteiger partial charge >= 0.3 is 0 Å². The van der Waals surface area contributed by atoms with Crippen LogP contribution in [-0.2, 0) is 17.6 Å². The van der Waals surface area contributed by atoms with Gasteiger partial charge in [0, 0.05) is 50.8 Å². The van der Waals surface area contributed by atoms with E-state index in [0.717, 1.165) is 63.8 Å². The van der Waals surface area contributed by atoms with E-state index in [2.05, 4.69) is 27.1 Å². The van der Waals surface area contributed by atoms with Crippen molar-refractivity contribution in [3.05, 3.63) is 16.1 Å². The van der Waals surface area contributed by atoms with Crippen molar-refractivity contribution in [2.24, 2.45) is 10.9 Å². The van der Waals surface area contributed by atoms with E-state index in [1.54, 1.807) is 0 Å². The van der Waals surface area contributed by atoms with Gasteiger partial charge in [-0.1, -0.05) is 19.8 Å². The largest absolute Gasteiger partial charge is 0.378 e. The lowest BCUT2D eigenvalue weighted by Gasteiger charge is -2.34. The van der Waals surface area contributed by atoms with Gasteiger partial charge < -0.3 is 15.0 Å². The standard InChI is InChI=1S/C20H34N4OS.HI/c1-3-18-14-23-19(26-18)8-11-22-20(21-2)24-12-9-17(10-13-24)25-15-16-6-4-5-7-16;/h14,16-17H,3-13,15H2,1-2H3,(H,21,22);1H. The van der Waals surface area contributed by atoms with Gasteiger partial charge in [-0.2, -0.15) is 0 Å². The maximum atomic E-state index is 6.19. The van der Waals surface area contributed by atoms with Crippen LogP contribution in [0, 0.1) is 5.92 Å².